The minimum Gasteiger partial charge on any atom is -0.305 e. The summed E-state index contributed by atoms with van der Waals surface area (Å²) in [7, 11) is 0. The summed E-state index contributed by atoms with van der Waals surface area (Å²) in [6.45, 7) is 0.743. The Bertz CT molecular complexity index is 886. The van der Waals surface area contributed by atoms with Crippen molar-refractivity contribution in [3.8, 4) is 0 Å². The number of nitrogens with one attached hydrogen (secondary N) is 1. The molecule has 25 heavy (non-hydrogen) atoms. The number of benzene rings is 1. The van der Waals surface area contributed by atoms with Crippen LogP contribution in [-0.2, 0) is 6.54 Å². The van der Waals surface area contributed by atoms with Gasteiger partial charge in [0.05, 0.1) is 23.5 Å². The largest absolute Gasteiger partial charge is 0.333 e. The minimum absolute atomic E-state index is 0.119. The molecule has 0 unspecified atom stereocenters. The second-order valence-electron chi connectivity index (χ2n) is 5.61. The Morgan fingerprint density at radius 2 is 1.88 bits per heavy atom. The molecule has 0 radical (unpaired) electrons. The van der Waals surface area contributed by atoms with Gasteiger partial charge in [0.2, 0.25) is 0 Å². The number of anilines is 1. The number of rotatable bonds is 5. The van der Waals surface area contributed by atoms with Crippen LogP contribution in [-0.4, -0.2) is 25.5 Å². The van der Waals surface area contributed by atoms with Crippen molar-refractivity contribution in [1.29, 1.82) is 0 Å². The molecular formula is C17H17F2N5O. The number of aryl methyl sites for hydroxylation is 1. The van der Waals surface area contributed by atoms with Crippen molar-refractivity contribution in [2.75, 3.05) is 5.32 Å². The quantitative estimate of drug-likeness (QED) is 0.771. The topological polar surface area (TPSA) is 64.7 Å². The van der Waals surface area contributed by atoms with Gasteiger partial charge in [0.15, 0.2) is 5.82 Å². The van der Waals surface area contributed by atoms with Gasteiger partial charge in [-0.15, -0.1) is 0 Å². The molecule has 2 heterocycles. The molecule has 0 aliphatic carbocycles. The molecule has 0 fully saturated rings. The van der Waals surface area contributed by atoms with Gasteiger partial charge >= 0.3 is 6.55 Å². The number of nitrogens with zero attached hydrogens (tertiary/aromatic N) is 4. The Morgan fingerprint density at radius 1 is 1.16 bits per heavy atom. The van der Waals surface area contributed by atoms with E-state index in [4.69, 9.17) is 0 Å². The molecule has 0 saturated carbocycles. The number of carbonyl (C=O) groups is 1. The van der Waals surface area contributed by atoms with E-state index in [-0.39, 0.29) is 17.0 Å². The van der Waals surface area contributed by atoms with Gasteiger partial charge in [-0.05, 0) is 19.4 Å². The first-order valence-electron chi connectivity index (χ1n) is 7.68. The van der Waals surface area contributed by atoms with Crippen LogP contribution in [0.2, 0.25) is 0 Å². The number of amides is 1. The Labute approximate surface area is 143 Å². The van der Waals surface area contributed by atoms with E-state index in [0.717, 1.165) is 5.56 Å². The zero-order valence-corrected chi connectivity index (χ0v) is 13.8. The first-order chi connectivity index (χ1) is 12.0. The van der Waals surface area contributed by atoms with E-state index in [1.54, 1.807) is 16.9 Å². The average molecular weight is 345 g/mol. The fourth-order valence-corrected chi connectivity index (χ4v) is 2.65. The molecule has 0 aliphatic rings. The monoisotopic (exact) mass is 345 g/mol. The lowest BCUT2D eigenvalue weighted by Crippen LogP contribution is -2.15. The van der Waals surface area contributed by atoms with E-state index in [1.165, 1.54) is 13.8 Å². The fraction of sp³-hybridized carbons (Fsp3) is 0.235. The molecule has 0 saturated heterocycles. The molecule has 3 aromatic rings. The molecular weight excluding hydrogens is 328 g/mol. The number of carbonyl (C=O) groups excluding carboxylic acids is 1. The molecule has 0 spiro atoms. The van der Waals surface area contributed by atoms with Gasteiger partial charge < -0.3 is 5.32 Å². The zero-order valence-electron chi connectivity index (χ0n) is 13.8. The summed E-state index contributed by atoms with van der Waals surface area (Å²) >= 11 is 0. The first-order valence-corrected chi connectivity index (χ1v) is 7.68. The van der Waals surface area contributed by atoms with E-state index in [1.807, 2.05) is 30.3 Å². The SMILES string of the molecule is Cc1nn(C(F)F)c(C)c1C(=O)Nc1ccn(Cc2ccccc2)n1. The number of aromatic nitrogens is 4. The van der Waals surface area contributed by atoms with Crippen molar-refractivity contribution in [3.63, 3.8) is 0 Å². The highest BCUT2D eigenvalue weighted by Gasteiger charge is 2.22. The van der Waals surface area contributed by atoms with Crippen LogP contribution in [0.15, 0.2) is 42.6 Å². The van der Waals surface area contributed by atoms with Crippen LogP contribution >= 0.6 is 0 Å². The highest BCUT2D eigenvalue weighted by Crippen LogP contribution is 2.20. The van der Waals surface area contributed by atoms with Crippen LogP contribution in [0.4, 0.5) is 14.6 Å². The van der Waals surface area contributed by atoms with Gasteiger partial charge in [0, 0.05) is 12.3 Å². The van der Waals surface area contributed by atoms with E-state index in [0.29, 0.717) is 17.0 Å². The minimum atomic E-state index is -2.79. The lowest BCUT2D eigenvalue weighted by molar-refractivity contribution is 0.0540. The Hall–Kier alpha value is -3.03. The van der Waals surface area contributed by atoms with Crippen molar-refractivity contribution in [1.82, 2.24) is 19.6 Å². The highest BCUT2D eigenvalue weighted by molar-refractivity contribution is 6.05. The molecule has 8 heteroatoms. The maximum absolute atomic E-state index is 12.9. The molecule has 1 amide bonds. The number of halogens is 2. The third-order valence-corrected chi connectivity index (χ3v) is 3.81. The van der Waals surface area contributed by atoms with Crippen molar-refractivity contribution >= 4 is 11.7 Å². The predicted molar refractivity (Wildman–Crippen MR) is 88.7 cm³/mol. The van der Waals surface area contributed by atoms with Crippen molar-refractivity contribution in [2.24, 2.45) is 0 Å². The third kappa shape index (κ3) is 3.57. The normalized spacial score (nSPS) is 11.1. The van der Waals surface area contributed by atoms with Gasteiger partial charge in [0.1, 0.15) is 0 Å². The summed E-state index contributed by atoms with van der Waals surface area (Å²) in [5, 5.41) is 10.6. The summed E-state index contributed by atoms with van der Waals surface area (Å²) in [6, 6.07) is 11.4. The van der Waals surface area contributed by atoms with Gasteiger partial charge in [-0.1, -0.05) is 30.3 Å². The second-order valence-corrected chi connectivity index (χ2v) is 5.61. The Balaban J connectivity index is 1.74. The highest BCUT2D eigenvalue weighted by atomic mass is 19.3. The van der Waals surface area contributed by atoms with E-state index in [2.05, 4.69) is 15.5 Å². The molecule has 1 N–H and O–H groups in total. The van der Waals surface area contributed by atoms with Crippen molar-refractivity contribution in [2.45, 2.75) is 26.9 Å². The first kappa shape index (κ1) is 16.8. The van der Waals surface area contributed by atoms with Crippen LogP contribution in [0, 0.1) is 13.8 Å². The van der Waals surface area contributed by atoms with Crippen LogP contribution in [0.3, 0.4) is 0 Å². The molecule has 6 nitrogen and oxygen atoms in total. The van der Waals surface area contributed by atoms with Crippen molar-refractivity contribution < 1.29 is 13.6 Å². The molecule has 130 valence electrons. The summed E-state index contributed by atoms with van der Waals surface area (Å²) in [6.07, 6.45) is 1.74. The lowest BCUT2D eigenvalue weighted by atomic mass is 10.2. The van der Waals surface area contributed by atoms with E-state index >= 15 is 0 Å². The van der Waals surface area contributed by atoms with E-state index in [9.17, 15) is 13.6 Å². The van der Waals surface area contributed by atoms with Crippen LogP contribution in [0.5, 0.6) is 0 Å². The number of alkyl halides is 2. The summed E-state index contributed by atoms with van der Waals surface area (Å²) in [5.41, 5.74) is 1.58. The molecule has 0 aliphatic heterocycles. The molecule has 0 atom stereocenters. The van der Waals surface area contributed by atoms with Crippen LogP contribution in [0.1, 0.15) is 33.9 Å². The molecule has 2 aromatic heterocycles. The second kappa shape index (κ2) is 6.84. The van der Waals surface area contributed by atoms with Crippen molar-refractivity contribution in [3.05, 3.63) is 65.1 Å². The average Bonchev–Trinajstić information content (AvgIpc) is 3.12. The summed E-state index contributed by atoms with van der Waals surface area (Å²) in [4.78, 5) is 12.4. The Morgan fingerprint density at radius 3 is 2.52 bits per heavy atom. The summed E-state index contributed by atoms with van der Waals surface area (Å²) in [5.74, 6) is -0.156. The van der Waals surface area contributed by atoms with Gasteiger partial charge in [-0.2, -0.15) is 19.0 Å². The predicted octanol–water partition coefficient (Wildman–Crippen LogP) is 3.39. The number of hydrogen-bond acceptors (Lipinski definition) is 3. The molecule has 3 rings (SSSR count). The van der Waals surface area contributed by atoms with Gasteiger partial charge in [-0.3, -0.25) is 9.48 Å². The Kier molecular flexibility index (Phi) is 4.60. The lowest BCUT2D eigenvalue weighted by Gasteiger charge is -2.04. The fourth-order valence-electron chi connectivity index (χ4n) is 2.65. The maximum atomic E-state index is 12.9. The smallest absolute Gasteiger partial charge is 0.305 e. The zero-order chi connectivity index (χ0) is 18.0. The molecule has 0 bridgehead atoms. The summed E-state index contributed by atoms with van der Waals surface area (Å²) < 4.78 is 28.0. The standard InChI is InChI=1S/C17H17F2N5O/c1-11-15(12(2)24(21-11)17(18)19)16(25)20-14-8-9-23(22-14)10-13-6-4-3-5-7-13/h3-9,17H,10H2,1-2H3,(H,20,22,25). The van der Waals surface area contributed by atoms with Crippen LogP contribution in [0.25, 0.3) is 0 Å². The van der Waals surface area contributed by atoms with E-state index < -0.39 is 12.5 Å². The van der Waals surface area contributed by atoms with Gasteiger partial charge in [-0.25, -0.2) is 4.68 Å². The molecule has 1 aromatic carbocycles. The third-order valence-electron chi connectivity index (χ3n) is 3.81. The van der Waals surface area contributed by atoms with Gasteiger partial charge in [0.25, 0.3) is 5.91 Å². The van der Waals surface area contributed by atoms with Crippen LogP contribution < -0.4 is 5.32 Å². The number of hydrogen-bond donors (Lipinski definition) is 1. The maximum Gasteiger partial charge on any atom is 0.333 e.